The van der Waals surface area contributed by atoms with Crippen LogP contribution in [0.4, 0.5) is 11.8 Å². The molecule has 2 rings (SSSR count). The third-order valence-electron chi connectivity index (χ3n) is 4.07. The van der Waals surface area contributed by atoms with E-state index in [-0.39, 0.29) is 24.4 Å². The summed E-state index contributed by atoms with van der Waals surface area (Å²) in [7, 11) is 0. The number of amides is 1. The quantitative estimate of drug-likeness (QED) is 0.408. The molecule has 0 aliphatic carbocycles. The van der Waals surface area contributed by atoms with Gasteiger partial charge in [0, 0.05) is 23.7 Å². The van der Waals surface area contributed by atoms with E-state index in [4.69, 9.17) is 21.7 Å². The Kier molecular flexibility index (Phi) is 6.85. The van der Waals surface area contributed by atoms with Crippen molar-refractivity contribution in [2.24, 2.45) is 0 Å². The average Bonchev–Trinajstić information content (AvgIpc) is 2.64. The standard InChI is InChI=1S/C18H21N5O5/c19-15-12(9-21-18(20)23-15)6-3-10-1-4-11(5-2-10)16(26)22-13(17(27)28)7-8-14(24)25/h1-2,4-5,9,13H,3,6-8H2,(H,22,26)(H,24,25)(H,27,28)(H4,19,20,21,23)/t13-/m0/s1. The van der Waals surface area contributed by atoms with Crippen molar-refractivity contribution in [3.05, 3.63) is 47.2 Å². The highest BCUT2D eigenvalue weighted by atomic mass is 16.4. The van der Waals surface area contributed by atoms with Gasteiger partial charge in [-0.25, -0.2) is 9.78 Å². The van der Waals surface area contributed by atoms with Gasteiger partial charge in [0.25, 0.3) is 5.91 Å². The van der Waals surface area contributed by atoms with Crippen LogP contribution in [0.2, 0.25) is 0 Å². The van der Waals surface area contributed by atoms with Crippen molar-refractivity contribution in [1.82, 2.24) is 15.3 Å². The summed E-state index contributed by atoms with van der Waals surface area (Å²) in [5, 5.41) is 20.1. The first-order chi connectivity index (χ1) is 13.3. The number of rotatable bonds is 9. The number of aryl methyl sites for hydroxylation is 2. The summed E-state index contributed by atoms with van der Waals surface area (Å²) in [6, 6.07) is 5.37. The summed E-state index contributed by atoms with van der Waals surface area (Å²) in [5.41, 5.74) is 13.2. The number of aromatic nitrogens is 2. The zero-order valence-electron chi connectivity index (χ0n) is 15.0. The number of nitrogen functional groups attached to an aromatic ring is 2. The molecule has 0 aliphatic rings. The van der Waals surface area contributed by atoms with Crippen molar-refractivity contribution in [2.45, 2.75) is 31.7 Å². The number of carboxylic acid groups (broad SMARTS) is 2. The lowest BCUT2D eigenvalue weighted by molar-refractivity contribution is -0.140. The van der Waals surface area contributed by atoms with Crippen LogP contribution in [0.15, 0.2) is 30.5 Å². The van der Waals surface area contributed by atoms with Gasteiger partial charge < -0.3 is 27.0 Å². The molecule has 1 amide bonds. The van der Waals surface area contributed by atoms with Gasteiger partial charge in [0.05, 0.1) is 0 Å². The number of nitrogens with two attached hydrogens (primary N) is 2. The normalized spacial score (nSPS) is 11.6. The molecule has 0 unspecified atom stereocenters. The Morgan fingerprint density at radius 1 is 1.07 bits per heavy atom. The number of nitrogens with zero attached hydrogens (tertiary/aromatic N) is 2. The fourth-order valence-corrected chi connectivity index (χ4v) is 2.50. The van der Waals surface area contributed by atoms with Crippen molar-refractivity contribution >= 4 is 29.6 Å². The molecule has 0 saturated carbocycles. The third-order valence-corrected chi connectivity index (χ3v) is 4.07. The summed E-state index contributed by atoms with van der Waals surface area (Å²) in [6.45, 7) is 0. The van der Waals surface area contributed by atoms with E-state index < -0.39 is 23.9 Å². The van der Waals surface area contributed by atoms with Crippen LogP contribution < -0.4 is 16.8 Å². The van der Waals surface area contributed by atoms with Gasteiger partial charge in [0.1, 0.15) is 11.9 Å². The van der Waals surface area contributed by atoms with Crippen LogP contribution in [0.25, 0.3) is 0 Å². The van der Waals surface area contributed by atoms with E-state index in [0.717, 1.165) is 11.1 Å². The monoisotopic (exact) mass is 387 g/mol. The van der Waals surface area contributed by atoms with Gasteiger partial charge in [-0.2, -0.15) is 4.98 Å². The molecule has 0 saturated heterocycles. The highest BCUT2D eigenvalue weighted by Crippen LogP contribution is 2.13. The fourth-order valence-electron chi connectivity index (χ4n) is 2.50. The van der Waals surface area contributed by atoms with Crippen LogP contribution in [0, 0.1) is 0 Å². The minimum absolute atomic E-state index is 0.111. The maximum absolute atomic E-state index is 12.2. The highest BCUT2D eigenvalue weighted by molar-refractivity contribution is 5.96. The molecule has 10 heteroatoms. The Labute approximate surface area is 160 Å². The number of carbonyl (C=O) groups excluding carboxylic acids is 1. The van der Waals surface area contributed by atoms with Crippen molar-refractivity contribution in [3.63, 3.8) is 0 Å². The molecule has 7 N–H and O–H groups in total. The van der Waals surface area contributed by atoms with Crippen molar-refractivity contribution in [2.75, 3.05) is 11.5 Å². The number of aliphatic carboxylic acids is 2. The number of hydrogen-bond acceptors (Lipinski definition) is 7. The van der Waals surface area contributed by atoms with Gasteiger partial charge in [-0.05, 0) is 37.0 Å². The Morgan fingerprint density at radius 2 is 1.75 bits per heavy atom. The second-order valence-corrected chi connectivity index (χ2v) is 6.13. The first kappa shape index (κ1) is 20.6. The van der Waals surface area contributed by atoms with Gasteiger partial charge in [0.15, 0.2) is 0 Å². The second kappa shape index (κ2) is 9.31. The van der Waals surface area contributed by atoms with Gasteiger partial charge in [-0.3, -0.25) is 9.59 Å². The fraction of sp³-hybridized carbons (Fsp3) is 0.278. The van der Waals surface area contributed by atoms with Gasteiger partial charge in [-0.1, -0.05) is 12.1 Å². The maximum atomic E-state index is 12.2. The van der Waals surface area contributed by atoms with Crippen LogP contribution in [0.5, 0.6) is 0 Å². The zero-order valence-corrected chi connectivity index (χ0v) is 15.0. The predicted molar refractivity (Wildman–Crippen MR) is 100 cm³/mol. The van der Waals surface area contributed by atoms with E-state index in [2.05, 4.69) is 15.3 Å². The van der Waals surface area contributed by atoms with Gasteiger partial charge >= 0.3 is 11.9 Å². The molecule has 1 atom stereocenters. The maximum Gasteiger partial charge on any atom is 0.326 e. The van der Waals surface area contributed by atoms with Crippen molar-refractivity contribution < 1.29 is 24.6 Å². The number of anilines is 2. The first-order valence-electron chi connectivity index (χ1n) is 8.47. The molecule has 10 nitrogen and oxygen atoms in total. The van der Waals surface area contributed by atoms with Gasteiger partial charge in [-0.15, -0.1) is 0 Å². The summed E-state index contributed by atoms with van der Waals surface area (Å²) in [5.74, 6) is -2.56. The lowest BCUT2D eigenvalue weighted by Crippen LogP contribution is -2.41. The second-order valence-electron chi connectivity index (χ2n) is 6.13. The molecule has 1 heterocycles. The van der Waals surface area contributed by atoms with E-state index in [1.54, 1.807) is 30.5 Å². The molecule has 0 fully saturated rings. The molecule has 0 aliphatic heterocycles. The smallest absolute Gasteiger partial charge is 0.326 e. The molecule has 1 aromatic carbocycles. The lowest BCUT2D eigenvalue weighted by Gasteiger charge is -2.13. The SMILES string of the molecule is Nc1ncc(CCc2ccc(C(=O)N[C@@H](CCC(=O)O)C(=O)O)cc2)c(N)n1. The molecular weight excluding hydrogens is 366 g/mol. The van der Waals surface area contributed by atoms with E-state index in [9.17, 15) is 14.4 Å². The predicted octanol–water partition coefficient (Wildman–Crippen LogP) is 0.474. The van der Waals surface area contributed by atoms with Crippen LogP contribution in [0.3, 0.4) is 0 Å². The van der Waals surface area contributed by atoms with Crippen LogP contribution in [-0.2, 0) is 22.4 Å². The molecule has 28 heavy (non-hydrogen) atoms. The number of carboxylic acids is 2. The van der Waals surface area contributed by atoms with Crippen molar-refractivity contribution in [1.29, 1.82) is 0 Å². The minimum atomic E-state index is -1.28. The Bertz CT molecular complexity index is 869. The number of nitrogens with one attached hydrogen (secondary N) is 1. The molecule has 1 aromatic heterocycles. The average molecular weight is 387 g/mol. The number of benzene rings is 1. The third kappa shape index (κ3) is 5.94. The van der Waals surface area contributed by atoms with E-state index >= 15 is 0 Å². The Morgan fingerprint density at radius 3 is 2.32 bits per heavy atom. The molecular formula is C18H21N5O5. The zero-order chi connectivity index (χ0) is 20.7. The lowest BCUT2D eigenvalue weighted by atomic mass is 10.0. The van der Waals surface area contributed by atoms with Crippen LogP contribution >= 0.6 is 0 Å². The topological polar surface area (TPSA) is 182 Å². The summed E-state index contributed by atoms with van der Waals surface area (Å²) in [6.07, 6.45) is 2.25. The number of hydrogen-bond donors (Lipinski definition) is 5. The van der Waals surface area contributed by atoms with Gasteiger partial charge in [0.2, 0.25) is 5.95 Å². The molecule has 0 radical (unpaired) electrons. The molecule has 0 spiro atoms. The molecule has 2 aromatic rings. The number of carbonyl (C=O) groups is 3. The van der Waals surface area contributed by atoms with Crippen LogP contribution in [-0.4, -0.2) is 44.1 Å². The van der Waals surface area contributed by atoms with Crippen LogP contribution in [0.1, 0.15) is 34.3 Å². The Hall–Kier alpha value is -3.69. The van der Waals surface area contributed by atoms with E-state index in [1.807, 2.05) is 0 Å². The largest absolute Gasteiger partial charge is 0.481 e. The molecule has 0 bridgehead atoms. The summed E-state index contributed by atoms with van der Waals surface area (Å²) < 4.78 is 0. The van der Waals surface area contributed by atoms with E-state index in [1.165, 1.54) is 0 Å². The van der Waals surface area contributed by atoms with E-state index in [0.29, 0.717) is 18.7 Å². The minimum Gasteiger partial charge on any atom is -0.481 e. The first-order valence-corrected chi connectivity index (χ1v) is 8.47. The Balaban J connectivity index is 1.95. The van der Waals surface area contributed by atoms with Crippen molar-refractivity contribution in [3.8, 4) is 0 Å². The summed E-state index contributed by atoms with van der Waals surface area (Å²) in [4.78, 5) is 41.8. The summed E-state index contributed by atoms with van der Waals surface area (Å²) >= 11 is 0. The molecule has 148 valence electrons. The highest BCUT2D eigenvalue weighted by Gasteiger charge is 2.21.